The van der Waals surface area contributed by atoms with E-state index in [9.17, 15) is 0 Å². The fraction of sp³-hybridized carbons (Fsp3) is 0.478. The van der Waals surface area contributed by atoms with E-state index in [0.717, 1.165) is 5.92 Å². The van der Waals surface area contributed by atoms with E-state index in [0.29, 0.717) is 0 Å². The maximum absolute atomic E-state index is 2.29. The van der Waals surface area contributed by atoms with Crippen LogP contribution in [0.2, 0.25) is 0 Å². The molecule has 2 aromatic carbocycles. The molecule has 0 nitrogen and oxygen atoms in total. The van der Waals surface area contributed by atoms with E-state index in [2.05, 4.69) is 67.6 Å². The van der Waals surface area contributed by atoms with Crippen molar-refractivity contribution >= 4 is 0 Å². The lowest BCUT2D eigenvalue weighted by Gasteiger charge is -2.17. The first-order chi connectivity index (χ1) is 11.4. The molecule has 23 heavy (non-hydrogen) atoms. The number of hydrogen-bond donors (Lipinski definition) is 0. The van der Waals surface area contributed by atoms with Crippen LogP contribution in [0.15, 0.2) is 60.7 Å². The summed E-state index contributed by atoms with van der Waals surface area (Å²) in [4.78, 5) is 0. The molecule has 0 aliphatic rings. The van der Waals surface area contributed by atoms with Gasteiger partial charge in [-0.2, -0.15) is 0 Å². The monoisotopic (exact) mass is 308 g/mol. The van der Waals surface area contributed by atoms with Gasteiger partial charge in [-0.3, -0.25) is 0 Å². The van der Waals surface area contributed by atoms with Crippen molar-refractivity contribution in [2.24, 2.45) is 5.92 Å². The van der Waals surface area contributed by atoms with Gasteiger partial charge in [0.15, 0.2) is 0 Å². The van der Waals surface area contributed by atoms with Gasteiger partial charge in [-0.15, -0.1) is 0 Å². The third-order valence-corrected chi connectivity index (χ3v) is 4.70. The molecule has 0 heteroatoms. The van der Waals surface area contributed by atoms with Crippen LogP contribution in [0, 0.1) is 5.92 Å². The Hall–Kier alpha value is -1.56. The van der Waals surface area contributed by atoms with Crippen LogP contribution in [0.25, 0.3) is 0 Å². The predicted octanol–water partition coefficient (Wildman–Crippen LogP) is 6.84. The average Bonchev–Trinajstić information content (AvgIpc) is 2.60. The summed E-state index contributed by atoms with van der Waals surface area (Å²) in [5, 5.41) is 0. The average molecular weight is 309 g/mol. The van der Waals surface area contributed by atoms with Crippen molar-refractivity contribution in [1.82, 2.24) is 0 Å². The van der Waals surface area contributed by atoms with Gasteiger partial charge >= 0.3 is 0 Å². The van der Waals surface area contributed by atoms with Gasteiger partial charge in [0.1, 0.15) is 0 Å². The molecule has 0 spiro atoms. The minimum atomic E-state index is 0.769. The third-order valence-electron chi connectivity index (χ3n) is 4.70. The van der Waals surface area contributed by atoms with Crippen molar-refractivity contribution in [3.05, 3.63) is 71.8 Å². The second-order valence-corrected chi connectivity index (χ2v) is 6.80. The molecule has 2 aromatic rings. The van der Waals surface area contributed by atoms with E-state index in [-0.39, 0.29) is 0 Å². The Labute approximate surface area is 143 Å². The number of rotatable bonds is 11. The van der Waals surface area contributed by atoms with Crippen molar-refractivity contribution in [1.29, 1.82) is 0 Å². The highest BCUT2D eigenvalue weighted by atomic mass is 14.2. The molecule has 0 radical (unpaired) electrons. The van der Waals surface area contributed by atoms with Crippen molar-refractivity contribution in [2.75, 3.05) is 0 Å². The molecule has 0 N–H and O–H groups in total. The molecule has 0 bridgehead atoms. The first-order valence-electron chi connectivity index (χ1n) is 9.46. The molecule has 2 rings (SSSR count). The highest BCUT2D eigenvalue weighted by Crippen LogP contribution is 2.21. The van der Waals surface area contributed by atoms with Crippen LogP contribution in [0.4, 0.5) is 0 Å². The third kappa shape index (κ3) is 7.50. The van der Waals surface area contributed by atoms with Crippen molar-refractivity contribution < 1.29 is 0 Å². The summed E-state index contributed by atoms with van der Waals surface area (Å²) in [5.41, 5.74) is 2.97. The maximum Gasteiger partial charge on any atom is -0.0247 e. The quantitative estimate of drug-likeness (QED) is 0.399. The van der Waals surface area contributed by atoms with E-state index < -0.39 is 0 Å². The smallest absolute Gasteiger partial charge is 0.0247 e. The van der Waals surface area contributed by atoms with Gasteiger partial charge in [0, 0.05) is 0 Å². The lowest BCUT2D eigenvalue weighted by molar-refractivity contribution is 0.445. The number of unbranched alkanes of at least 4 members (excludes halogenated alkanes) is 5. The van der Waals surface area contributed by atoms with E-state index in [4.69, 9.17) is 0 Å². The van der Waals surface area contributed by atoms with E-state index in [1.165, 1.54) is 68.9 Å². The van der Waals surface area contributed by atoms with Crippen LogP contribution in [-0.2, 0) is 12.8 Å². The Morgan fingerprint density at radius 2 is 1.09 bits per heavy atom. The highest BCUT2D eigenvalue weighted by Gasteiger charge is 2.10. The molecular weight excluding hydrogens is 276 g/mol. The summed E-state index contributed by atoms with van der Waals surface area (Å²) in [6, 6.07) is 22.0. The number of hydrogen-bond acceptors (Lipinski definition) is 0. The Balaban J connectivity index is 1.83. The zero-order chi connectivity index (χ0) is 16.2. The van der Waals surface area contributed by atoms with Gasteiger partial charge in [0.05, 0.1) is 0 Å². The molecule has 0 atom stereocenters. The summed E-state index contributed by atoms with van der Waals surface area (Å²) in [6.07, 6.45) is 12.1. The van der Waals surface area contributed by atoms with Crippen molar-refractivity contribution in [3.63, 3.8) is 0 Å². The Morgan fingerprint density at radius 1 is 0.609 bits per heavy atom. The molecule has 0 aliphatic heterocycles. The molecule has 0 saturated heterocycles. The fourth-order valence-electron chi connectivity index (χ4n) is 3.38. The van der Waals surface area contributed by atoms with Crippen LogP contribution < -0.4 is 0 Å². The van der Waals surface area contributed by atoms with E-state index in [1.807, 2.05) is 0 Å². The molecular formula is C23H32. The zero-order valence-electron chi connectivity index (χ0n) is 14.7. The minimum Gasteiger partial charge on any atom is -0.0654 e. The Kier molecular flexibility index (Phi) is 8.55. The van der Waals surface area contributed by atoms with Gasteiger partial charge in [0.25, 0.3) is 0 Å². The van der Waals surface area contributed by atoms with Gasteiger partial charge in [0.2, 0.25) is 0 Å². The second-order valence-electron chi connectivity index (χ2n) is 6.80. The Morgan fingerprint density at radius 3 is 1.61 bits per heavy atom. The minimum absolute atomic E-state index is 0.769. The predicted molar refractivity (Wildman–Crippen MR) is 102 cm³/mol. The highest BCUT2D eigenvalue weighted by molar-refractivity contribution is 5.18. The molecule has 0 amide bonds. The van der Waals surface area contributed by atoms with E-state index in [1.54, 1.807) is 0 Å². The summed E-state index contributed by atoms with van der Waals surface area (Å²) < 4.78 is 0. The molecule has 0 aliphatic carbocycles. The van der Waals surface area contributed by atoms with Gasteiger partial charge in [-0.1, -0.05) is 106 Å². The number of benzene rings is 2. The van der Waals surface area contributed by atoms with Crippen LogP contribution in [-0.4, -0.2) is 0 Å². The normalized spacial score (nSPS) is 11.0. The van der Waals surface area contributed by atoms with Gasteiger partial charge < -0.3 is 0 Å². The molecule has 0 fully saturated rings. The summed E-state index contributed by atoms with van der Waals surface area (Å²) in [5.74, 6) is 0.769. The van der Waals surface area contributed by atoms with Gasteiger partial charge in [-0.05, 0) is 36.3 Å². The molecule has 0 aromatic heterocycles. The van der Waals surface area contributed by atoms with Gasteiger partial charge in [-0.25, -0.2) is 0 Å². The van der Waals surface area contributed by atoms with E-state index >= 15 is 0 Å². The van der Waals surface area contributed by atoms with Crippen LogP contribution in [0.5, 0.6) is 0 Å². The Bertz CT molecular complexity index is 459. The standard InChI is InChI=1S/C23H32/c1-2-3-4-5-6-9-18-23(19-21-14-10-7-11-15-21)20-22-16-12-8-13-17-22/h7-8,10-17,23H,2-6,9,18-20H2,1H3. The SMILES string of the molecule is CCCCCCCCC(Cc1ccccc1)Cc1ccccc1. The first kappa shape index (κ1) is 17.8. The van der Waals surface area contributed by atoms with Crippen molar-refractivity contribution in [3.8, 4) is 0 Å². The fourth-order valence-corrected chi connectivity index (χ4v) is 3.38. The molecule has 124 valence electrons. The lowest BCUT2D eigenvalue weighted by Crippen LogP contribution is -2.08. The molecule has 0 saturated carbocycles. The van der Waals surface area contributed by atoms with Crippen LogP contribution >= 0.6 is 0 Å². The van der Waals surface area contributed by atoms with Crippen molar-refractivity contribution in [2.45, 2.75) is 64.7 Å². The topological polar surface area (TPSA) is 0 Å². The zero-order valence-corrected chi connectivity index (χ0v) is 14.7. The summed E-state index contributed by atoms with van der Waals surface area (Å²) >= 11 is 0. The van der Waals surface area contributed by atoms with Crippen LogP contribution in [0.3, 0.4) is 0 Å². The maximum atomic E-state index is 2.29. The summed E-state index contributed by atoms with van der Waals surface area (Å²) in [7, 11) is 0. The first-order valence-corrected chi connectivity index (χ1v) is 9.46. The lowest BCUT2D eigenvalue weighted by atomic mass is 9.88. The molecule has 0 heterocycles. The van der Waals surface area contributed by atoms with Crippen LogP contribution in [0.1, 0.15) is 63.0 Å². The largest absolute Gasteiger partial charge is 0.0654 e. The summed E-state index contributed by atoms with van der Waals surface area (Å²) in [6.45, 7) is 2.29. The second kappa shape index (κ2) is 11.0. The molecule has 0 unspecified atom stereocenters.